The molecule has 3 fully saturated rings. The lowest BCUT2D eigenvalue weighted by Crippen LogP contribution is -2.37. The Morgan fingerprint density at radius 1 is 0.952 bits per heavy atom. The Morgan fingerprint density at radius 2 is 1.48 bits per heavy atom. The van der Waals surface area contributed by atoms with Crippen LogP contribution in [-0.4, -0.2) is 26.4 Å². The number of imide groups is 1. The lowest BCUT2D eigenvalue weighted by atomic mass is 9.81. The molecule has 4 rings (SSSR count). The van der Waals surface area contributed by atoms with Crippen molar-refractivity contribution in [1.82, 2.24) is 4.90 Å². The fourth-order valence-corrected chi connectivity index (χ4v) is 6.21. The average Bonchev–Trinajstić information content (AvgIpc) is 3.09. The largest absolute Gasteiger partial charge is 0.278 e. The molecule has 2 bridgehead atoms. The summed E-state index contributed by atoms with van der Waals surface area (Å²) in [6, 6.07) is 9.74. The van der Waals surface area contributed by atoms with E-state index in [0.717, 1.165) is 12.0 Å². The molecule has 0 radical (unpaired) electrons. The van der Waals surface area contributed by atoms with Gasteiger partial charge in [0.2, 0.25) is 11.8 Å². The minimum absolute atomic E-state index is 0.0326. The topological polar surface area (TPSA) is 37.4 Å². The van der Waals surface area contributed by atoms with E-state index in [1.807, 2.05) is 30.3 Å². The smallest absolute Gasteiger partial charge is 0.233 e. The van der Waals surface area contributed by atoms with Gasteiger partial charge < -0.3 is 0 Å². The first-order chi connectivity index (χ1) is 10.1. The van der Waals surface area contributed by atoms with Crippen LogP contribution in [0, 0.1) is 23.7 Å². The van der Waals surface area contributed by atoms with Crippen LogP contribution in [0.1, 0.15) is 12.0 Å². The van der Waals surface area contributed by atoms with Crippen LogP contribution in [0.2, 0.25) is 0 Å². The molecule has 0 spiro atoms. The highest BCUT2D eigenvalue weighted by Crippen LogP contribution is 2.60. The molecule has 2 saturated carbocycles. The molecule has 0 aromatic heterocycles. The molecular weight excluding hydrogens is 398 g/mol. The molecule has 110 valence electrons. The number of halogens is 2. The fraction of sp³-hybridized carbons (Fsp3) is 0.500. The number of amides is 2. The molecule has 1 aliphatic heterocycles. The molecule has 3 nitrogen and oxygen atoms in total. The first kappa shape index (κ1) is 13.9. The van der Waals surface area contributed by atoms with Crippen molar-refractivity contribution in [3.05, 3.63) is 35.9 Å². The third-order valence-electron chi connectivity index (χ3n) is 5.26. The molecule has 6 atom stereocenters. The molecule has 21 heavy (non-hydrogen) atoms. The summed E-state index contributed by atoms with van der Waals surface area (Å²) in [7, 11) is 0. The Hall–Kier alpha value is -0.680. The standard InChI is InChI=1S/C16H15Br2NO2/c17-13-9-6-10(14(13)18)12-11(9)15(20)19(16(12)21)7-8-4-2-1-3-5-8/h1-5,9-14H,6-7H2/t9-,10-,11-,12-,13-,14+/m1/s1. The number of hydrogen-bond donors (Lipinski definition) is 0. The van der Waals surface area contributed by atoms with Crippen LogP contribution >= 0.6 is 31.9 Å². The summed E-state index contributed by atoms with van der Waals surface area (Å²) in [6.07, 6.45) is 0.984. The number of carbonyl (C=O) groups is 2. The van der Waals surface area contributed by atoms with Gasteiger partial charge in [-0.3, -0.25) is 14.5 Å². The predicted molar refractivity (Wildman–Crippen MR) is 86.0 cm³/mol. The minimum atomic E-state index is -0.107. The van der Waals surface area contributed by atoms with Gasteiger partial charge in [-0.15, -0.1) is 0 Å². The highest BCUT2D eigenvalue weighted by atomic mass is 79.9. The van der Waals surface area contributed by atoms with E-state index in [0.29, 0.717) is 28.0 Å². The van der Waals surface area contributed by atoms with E-state index >= 15 is 0 Å². The van der Waals surface area contributed by atoms with E-state index in [1.165, 1.54) is 4.90 Å². The van der Waals surface area contributed by atoms with Crippen LogP contribution in [0.3, 0.4) is 0 Å². The number of alkyl halides is 2. The second-order valence-electron chi connectivity index (χ2n) is 6.25. The number of carbonyl (C=O) groups excluding carboxylic acids is 2. The third kappa shape index (κ3) is 1.89. The van der Waals surface area contributed by atoms with Gasteiger partial charge in [-0.2, -0.15) is 0 Å². The summed E-state index contributed by atoms with van der Waals surface area (Å²) in [4.78, 5) is 27.5. The van der Waals surface area contributed by atoms with Crippen LogP contribution < -0.4 is 0 Å². The molecule has 1 aromatic carbocycles. The lowest BCUT2D eigenvalue weighted by molar-refractivity contribution is -0.141. The van der Waals surface area contributed by atoms with Gasteiger partial charge >= 0.3 is 0 Å². The molecule has 1 saturated heterocycles. The van der Waals surface area contributed by atoms with E-state index in [1.54, 1.807) is 0 Å². The number of fused-ring (bicyclic) bond motifs is 5. The summed E-state index contributed by atoms with van der Waals surface area (Å²) >= 11 is 7.40. The zero-order valence-electron chi connectivity index (χ0n) is 11.3. The molecule has 3 aliphatic rings. The van der Waals surface area contributed by atoms with Crippen molar-refractivity contribution in [2.24, 2.45) is 23.7 Å². The highest BCUT2D eigenvalue weighted by Gasteiger charge is 2.66. The van der Waals surface area contributed by atoms with Crippen LogP contribution in [0.5, 0.6) is 0 Å². The zero-order valence-corrected chi connectivity index (χ0v) is 14.5. The zero-order chi connectivity index (χ0) is 14.7. The average molecular weight is 413 g/mol. The van der Waals surface area contributed by atoms with E-state index in [9.17, 15) is 9.59 Å². The van der Waals surface area contributed by atoms with Crippen molar-refractivity contribution >= 4 is 43.7 Å². The molecule has 2 amide bonds. The molecule has 1 heterocycles. The normalized spacial score (nSPS) is 41.0. The van der Waals surface area contributed by atoms with Gasteiger partial charge in [0, 0.05) is 9.65 Å². The Kier molecular flexibility index (Phi) is 3.26. The van der Waals surface area contributed by atoms with Crippen molar-refractivity contribution in [2.45, 2.75) is 22.6 Å². The molecule has 2 aliphatic carbocycles. The number of hydrogen-bond acceptors (Lipinski definition) is 2. The Balaban J connectivity index is 1.62. The third-order valence-corrected chi connectivity index (χ3v) is 8.47. The van der Waals surface area contributed by atoms with E-state index < -0.39 is 0 Å². The van der Waals surface area contributed by atoms with Gasteiger partial charge in [0.05, 0.1) is 18.4 Å². The first-order valence-electron chi connectivity index (χ1n) is 7.27. The van der Waals surface area contributed by atoms with Crippen LogP contribution in [0.15, 0.2) is 30.3 Å². The number of rotatable bonds is 2. The van der Waals surface area contributed by atoms with Crippen molar-refractivity contribution in [2.75, 3.05) is 0 Å². The molecule has 0 unspecified atom stereocenters. The van der Waals surface area contributed by atoms with Gasteiger partial charge in [0.15, 0.2) is 0 Å². The summed E-state index contributed by atoms with van der Waals surface area (Å²) < 4.78 is 0. The van der Waals surface area contributed by atoms with E-state index in [-0.39, 0.29) is 23.7 Å². The number of likely N-dealkylation sites (tertiary alicyclic amines) is 1. The summed E-state index contributed by atoms with van der Waals surface area (Å²) in [5.74, 6) is 0.437. The van der Waals surface area contributed by atoms with Gasteiger partial charge in [0.25, 0.3) is 0 Å². The minimum Gasteiger partial charge on any atom is -0.278 e. The molecular formula is C16H15Br2NO2. The van der Waals surface area contributed by atoms with E-state index in [4.69, 9.17) is 0 Å². The second kappa shape index (κ2) is 4.92. The highest BCUT2D eigenvalue weighted by molar-refractivity contribution is 9.12. The summed E-state index contributed by atoms with van der Waals surface area (Å²) in [6.45, 7) is 0.408. The van der Waals surface area contributed by atoms with Crippen molar-refractivity contribution in [3.8, 4) is 0 Å². The maximum absolute atomic E-state index is 12.7. The Morgan fingerprint density at radius 3 is 2.00 bits per heavy atom. The lowest BCUT2D eigenvalue weighted by Gasteiger charge is -2.28. The second-order valence-corrected chi connectivity index (χ2v) is 8.37. The Labute approximate surface area is 140 Å². The maximum Gasteiger partial charge on any atom is 0.233 e. The van der Waals surface area contributed by atoms with Crippen LogP contribution in [0.4, 0.5) is 0 Å². The van der Waals surface area contributed by atoms with Gasteiger partial charge in [-0.1, -0.05) is 62.2 Å². The van der Waals surface area contributed by atoms with Crippen molar-refractivity contribution in [3.63, 3.8) is 0 Å². The van der Waals surface area contributed by atoms with Gasteiger partial charge in [0.1, 0.15) is 0 Å². The van der Waals surface area contributed by atoms with E-state index in [2.05, 4.69) is 31.9 Å². The number of nitrogens with zero attached hydrogens (tertiary/aromatic N) is 1. The molecule has 0 N–H and O–H groups in total. The molecule has 5 heteroatoms. The summed E-state index contributed by atoms with van der Waals surface area (Å²) in [5.41, 5.74) is 1.01. The molecule has 1 aromatic rings. The monoisotopic (exact) mass is 411 g/mol. The van der Waals surface area contributed by atoms with Gasteiger partial charge in [-0.25, -0.2) is 0 Å². The van der Waals surface area contributed by atoms with Crippen LogP contribution in [0.25, 0.3) is 0 Å². The van der Waals surface area contributed by atoms with Crippen molar-refractivity contribution in [1.29, 1.82) is 0 Å². The summed E-state index contributed by atoms with van der Waals surface area (Å²) in [5, 5.41) is 0. The van der Waals surface area contributed by atoms with Gasteiger partial charge in [-0.05, 0) is 23.8 Å². The predicted octanol–water partition coefficient (Wildman–Crippen LogP) is 2.96. The van der Waals surface area contributed by atoms with Crippen LogP contribution in [-0.2, 0) is 16.1 Å². The maximum atomic E-state index is 12.7. The quantitative estimate of drug-likeness (QED) is 0.553. The first-order valence-corrected chi connectivity index (χ1v) is 9.10. The Bertz CT molecular complexity index is 574. The number of benzene rings is 1. The SMILES string of the molecule is O=C1[C@@H]2[C@H]3C[C@@H]([C@@H](Br)[C@H]3Br)[C@H]2C(=O)N1Cc1ccccc1. The van der Waals surface area contributed by atoms with Crippen molar-refractivity contribution < 1.29 is 9.59 Å². The fourth-order valence-electron chi connectivity index (χ4n) is 4.33.